The predicted octanol–water partition coefficient (Wildman–Crippen LogP) is 4.64. The van der Waals surface area contributed by atoms with Crippen molar-refractivity contribution in [2.75, 3.05) is 4.90 Å². The van der Waals surface area contributed by atoms with Gasteiger partial charge in [0.05, 0.1) is 17.1 Å². The monoisotopic (exact) mass is 292 g/mol. The van der Waals surface area contributed by atoms with Crippen LogP contribution in [0, 0.1) is 0 Å². The summed E-state index contributed by atoms with van der Waals surface area (Å²) < 4.78 is 0. The molecule has 1 aliphatic heterocycles. The summed E-state index contributed by atoms with van der Waals surface area (Å²) in [6.45, 7) is 0. The van der Waals surface area contributed by atoms with Gasteiger partial charge in [-0.05, 0) is 42.7 Å². The molecular weight excluding hydrogens is 276 g/mol. The largest absolute Gasteiger partial charge is 0.308 e. The van der Waals surface area contributed by atoms with E-state index in [1.807, 2.05) is 18.3 Å². The van der Waals surface area contributed by atoms with Crippen LogP contribution in [-0.4, -0.2) is 4.98 Å². The lowest BCUT2D eigenvalue weighted by Crippen LogP contribution is -2.27. The molecule has 1 aromatic carbocycles. The summed E-state index contributed by atoms with van der Waals surface area (Å²) in [6, 6.07) is 14.6. The van der Waals surface area contributed by atoms with Crippen molar-refractivity contribution in [2.24, 2.45) is 0 Å². The number of aromatic nitrogens is 1. The van der Waals surface area contributed by atoms with Crippen LogP contribution in [0.2, 0.25) is 0 Å². The summed E-state index contributed by atoms with van der Waals surface area (Å²) in [7, 11) is 0. The summed E-state index contributed by atoms with van der Waals surface area (Å²) in [5.41, 5.74) is 6.07. The maximum Gasteiger partial charge on any atom is 0.0688 e. The average molecular weight is 292 g/mol. The van der Waals surface area contributed by atoms with Crippen molar-refractivity contribution >= 4 is 24.0 Å². The number of pyridine rings is 1. The average Bonchev–Trinajstić information content (AvgIpc) is 2.54. The molecule has 0 saturated heterocycles. The van der Waals surface area contributed by atoms with E-state index >= 15 is 0 Å². The third-order valence-corrected chi connectivity index (χ3v) is 4.49. The summed E-state index contributed by atoms with van der Waals surface area (Å²) in [5, 5.41) is 0. The van der Waals surface area contributed by atoms with E-state index in [4.69, 9.17) is 12.6 Å². The number of hydrogen-bond donors (Lipinski definition) is 1. The van der Waals surface area contributed by atoms with Gasteiger partial charge in [0, 0.05) is 23.2 Å². The Morgan fingerprint density at radius 2 is 1.90 bits per heavy atom. The number of hydrogen-bond acceptors (Lipinski definition) is 3. The molecule has 3 heteroatoms. The molecule has 0 amide bonds. The van der Waals surface area contributed by atoms with Crippen LogP contribution in [0.1, 0.15) is 18.5 Å². The highest BCUT2D eigenvalue weighted by molar-refractivity contribution is 7.84. The molecule has 2 aliphatic rings. The number of nitrogens with zero attached hydrogens (tertiary/aromatic N) is 2. The second kappa shape index (κ2) is 5.08. The van der Waals surface area contributed by atoms with Gasteiger partial charge in [0.1, 0.15) is 0 Å². The second-order valence-corrected chi connectivity index (χ2v) is 5.92. The normalized spacial score (nSPS) is 17.2. The topological polar surface area (TPSA) is 16.1 Å². The molecule has 0 N–H and O–H groups in total. The van der Waals surface area contributed by atoms with Gasteiger partial charge in [-0.25, -0.2) is 0 Å². The van der Waals surface area contributed by atoms with Crippen molar-refractivity contribution in [3.05, 3.63) is 76.6 Å². The van der Waals surface area contributed by atoms with E-state index in [-0.39, 0.29) is 0 Å². The first-order valence-electron chi connectivity index (χ1n) is 7.25. The molecule has 0 unspecified atom stereocenters. The van der Waals surface area contributed by atoms with Gasteiger partial charge in [-0.15, -0.1) is 12.6 Å². The number of para-hydroxylation sites is 1. The summed E-state index contributed by atoms with van der Waals surface area (Å²) in [5.74, 6) is 0. The molecule has 2 heterocycles. The molecule has 1 aromatic heterocycles. The number of fused-ring (bicyclic) bond motifs is 2. The minimum absolute atomic E-state index is 0.902. The first-order valence-corrected chi connectivity index (χ1v) is 7.70. The Morgan fingerprint density at radius 3 is 2.76 bits per heavy atom. The summed E-state index contributed by atoms with van der Waals surface area (Å²) >= 11 is 4.76. The Hall–Kier alpha value is -2.00. The Morgan fingerprint density at radius 1 is 1.05 bits per heavy atom. The van der Waals surface area contributed by atoms with Gasteiger partial charge in [-0.2, -0.15) is 0 Å². The lowest BCUT2D eigenvalue weighted by Gasteiger charge is -2.37. The molecule has 1 aliphatic carbocycles. The Balaban J connectivity index is 1.98. The highest BCUT2D eigenvalue weighted by Gasteiger charge is 2.30. The maximum absolute atomic E-state index is 4.76. The van der Waals surface area contributed by atoms with E-state index < -0.39 is 0 Å². The van der Waals surface area contributed by atoms with Gasteiger partial charge in [-0.3, -0.25) is 4.98 Å². The minimum atomic E-state index is 0.902. The van der Waals surface area contributed by atoms with E-state index in [0.717, 1.165) is 25.0 Å². The smallest absolute Gasteiger partial charge is 0.0688 e. The molecule has 104 valence electrons. The van der Waals surface area contributed by atoms with Crippen LogP contribution in [0.15, 0.2) is 70.9 Å². The molecule has 4 rings (SSSR count). The van der Waals surface area contributed by atoms with Crippen LogP contribution < -0.4 is 4.90 Å². The van der Waals surface area contributed by atoms with E-state index in [1.54, 1.807) is 0 Å². The Labute approximate surface area is 130 Å². The number of rotatable bonds is 1. The lowest BCUT2D eigenvalue weighted by molar-refractivity contribution is 0.884. The second-order valence-electron chi connectivity index (χ2n) is 5.38. The standard InChI is InChI=1S/C18H16N2S/c21-17-10-4-6-13-12-15-16(9-5-11-19-15)20(18(13)17)14-7-2-1-3-8-14/h1-3,5-9,11,21H,4,10,12H2. The summed E-state index contributed by atoms with van der Waals surface area (Å²) in [6.07, 6.45) is 7.20. The van der Waals surface area contributed by atoms with Crippen LogP contribution in [0.3, 0.4) is 0 Å². The van der Waals surface area contributed by atoms with E-state index in [2.05, 4.69) is 46.3 Å². The molecule has 21 heavy (non-hydrogen) atoms. The van der Waals surface area contributed by atoms with E-state index in [9.17, 15) is 0 Å². The summed E-state index contributed by atoms with van der Waals surface area (Å²) in [4.78, 5) is 8.06. The van der Waals surface area contributed by atoms with Crippen molar-refractivity contribution < 1.29 is 0 Å². The maximum atomic E-state index is 4.76. The fraction of sp³-hybridized carbons (Fsp3) is 0.167. The highest BCUT2D eigenvalue weighted by Crippen LogP contribution is 2.44. The molecule has 0 atom stereocenters. The van der Waals surface area contributed by atoms with Crippen molar-refractivity contribution in [2.45, 2.75) is 19.3 Å². The van der Waals surface area contributed by atoms with Crippen LogP contribution in [0.25, 0.3) is 0 Å². The van der Waals surface area contributed by atoms with Crippen molar-refractivity contribution in [1.29, 1.82) is 0 Å². The van der Waals surface area contributed by atoms with Crippen molar-refractivity contribution in [1.82, 2.24) is 4.98 Å². The molecule has 0 bridgehead atoms. The Bertz CT molecular complexity index is 747. The predicted molar refractivity (Wildman–Crippen MR) is 89.9 cm³/mol. The zero-order valence-corrected chi connectivity index (χ0v) is 12.6. The van der Waals surface area contributed by atoms with Crippen LogP contribution in [0.4, 0.5) is 11.4 Å². The quantitative estimate of drug-likeness (QED) is 0.771. The SMILES string of the molecule is SC1=C2C(=CCC1)Cc1ncccc1N2c1ccccc1. The van der Waals surface area contributed by atoms with Crippen LogP contribution in [-0.2, 0) is 6.42 Å². The molecule has 2 aromatic rings. The van der Waals surface area contributed by atoms with Gasteiger partial charge in [0.2, 0.25) is 0 Å². The van der Waals surface area contributed by atoms with Gasteiger partial charge >= 0.3 is 0 Å². The fourth-order valence-corrected chi connectivity index (χ4v) is 3.50. The van der Waals surface area contributed by atoms with E-state index in [1.165, 1.54) is 27.6 Å². The van der Waals surface area contributed by atoms with Crippen molar-refractivity contribution in [3.63, 3.8) is 0 Å². The van der Waals surface area contributed by atoms with Gasteiger partial charge < -0.3 is 4.90 Å². The van der Waals surface area contributed by atoms with Gasteiger partial charge in [0.25, 0.3) is 0 Å². The minimum Gasteiger partial charge on any atom is -0.308 e. The zero-order valence-electron chi connectivity index (χ0n) is 11.7. The number of benzene rings is 1. The first-order chi connectivity index (χ1) is 10.3. The van der Waals surface area contributed by atoms with Gasteiger partial charge in [-0.1, -0.05) is 24.3 Å². The third-order valence-electron chi connectivity index (χ3n) is 4.05. The molecule has 0 radical (unpaired) electrons. The van der Waals surface area contributed by atoms with Crippen molar-refractivity contribution in [3.8, 4) is 0 Å². The molecule has 2 nitrogen and oxygen atoms in total. The number of anilines is 2. The number of allylic oxidation sites excluding steroid dienone is 3. The van der Waals surface area contributed by atoms with E-state index in [0.29, 0.717) is 0 Å². The van der Waals surface area contributed by atoms with Crippen LogP contribution >= 0.6 is 12.6 Å². The number of thiol groups is 1. The molecule has 0 spiro atoms. The third kappa shape index (κ3) is 2.09. The zero-order chi connectivity index (χ0) is 14.2. The molecule has 0 saturated carbocycles. The molecule has 0 fully saturated rings. The molecular formula is C18H16N2S. The lowest BCUT2D eigenvalue weighted by atomic mass is 9.92. The highest BCUT2D eigenvalue weighted by atomic mass is 32.1. The first kappa shape index (κ1) is 12.7. The van der Waals surface area contributed by atoms with Gasteiger partial charge in [0.15, 0.2) is 0 Å². The fourth-order valence-electron chi connectivity index (χ4n) is 3.13. The van der Waals surface area contributed by atoms with Crippen LogP contribution in [0.5, 0.6) is 0 Å². The Kier molecular flexibility index (Phi) is 3.08.